The first kappa shape index (κ1) is 19.7. The van der Waals surface area contributed by atoms with E-state index in [1.807, 2.05) is 24.3 Å². The third kappa shape index (κ3) is 4.31. The Morgan fingerprint density at radius 1 is 0.742 bits per heavy atom. The van der Waals surface area contributed by atoms with E-state index < -0.39 is 0 Å². The van der Waals surface area contributed by atoms with Crippen molar-refractivity contribution in [2.24, 2.45) is 0 Å². The van der Waals surface area contributed by atoms with Gasteiger partial charge in [-0.3, -0.25) is 14.6 Å². The molecule has 0 unspecified atom stereocenters. The Labute approximate surface area is 182 Å². The lowest BCUT2D eigenvalue weighted by molar-refractivity contribution is 0.0998. The van der Waals surface area contributed by atoms with Gasteiger partial charge < -0.3 is 4.42 Å². The molecule has 4 nitrogen and oxygen atoms in total. The van der Waals surface area contributed by atoms with Gasteiger partial charge in [-0.25, -0.2) is 0 Å². The zero-order chi connectivity index (χ0) is 21.0. The Balaban J connectivity index is 1.32. The number of hydrogen-bond acceptors (Lipinski definition) is 4. The fraction of sp³-hybridized carbons (Fsp3) is 0.222. The van der Waals surface area contributed by atoms with Crippen LogP contribution in [0.4, 0.5) is 0 Å². The van der Waals surface area contributed by atoms with Gasteiger partial charge in [-0.15, -0.1) is 0 Å². The van der Waals surface area contributed by atoms with Gasteiger partial charge in [0, 0.05) is 32.2 Å². The normalized spacial score (nSPS) is 15.5. The van der Waals surface area contributed by atoms with Crippen LogP contribution in [0.2, 0.25) is 0 Å². The van der Waals surface area contributed by atoms with E-state index in [2.05, 4.69) is 70.5 Å². The average molecular weight is 411 g/mol. The summed E-state index contributed by atoms with van der Waals surface area (Å²) in [6.07, 6.45) is 0. The molecule has 156 valence electrons. The smallest absolute Gasteiger partial charge is 0.192 e. The molecule has 1 saturated heterocycles. The summed E-state index contributed by atoms with van der Waals surface area (Å²) in [7, 11) is 0. The molecule has 4 heteroatoms. The lowest BCUT2D eigenvalue weighted by Crippen LogP contribution is -2.47. The third-order valence-corrected chi connectivity index (χ3v) is 6.07. The van der Waals surface area contributed by atoms with Crippen molar-refractivity contribution < 1.29 is 4.42 Å². The van der Waals surface area contributed by atoms with Crippen LogP contribution in [0.3, 0.4) is 0 Å². The monoisotopic (exact) mass is 410 g/mol. The average Bonchev–Trinajstić information content (AvgIpc) is 2.82. The Bertz CT molecular complexity index is 1160. The molecule has 1 fully saturated rings. The van der Waals surface area contributed by atoms with Crippen LogP contribution < -0.4 is 5.43 Å². The number of piperazine rings is 1. The van der Waals surface area contributed by atoms with E-state index in [-0.39, 0.29) is 11.5 Å². The Hall–Kier alpha value is -3.21. The third-order valence-electron chi connectivity index (χ3n) is 6.07. The van der Waals surface area contributed by atoms with Crippen LogP contribution in [0.15, 0.2) is 100 Å². The Morgan fingerprint density at radius 2 is 1.32 bits per heavy atom. The summed E-state index contributed by atoms with van der Waals surface area (Å²) in [5, 5.41) is 0.643. The summed E-state index contributed by atoms with van der Waals surface area (Å²) >= 11 is 0. The molecule has 4 aromatic rings. The number of fused-ring (bicyclic) bond motifs is 1. The number of rotatable bonds is 5. The highest BCUT2D eigenvalue weighted by Gasteiger charge is 2.26. The summed E-state index contributed by atoms with van der Waals surface area (Å²) < 4.78 is 6.00. The quantitative estimate of drug-likeness (QED) is 0.478. The van der Waals surface area contributed by atoms with Gasteiger partial charge in [0.05, 0.1) is 18.0 Å². The van der Waals surface area contributed by atoms with Crippen molar-refractivity contribution in [1.82, 2.24) is 9.80 Å². The fourth-order valence-electron chi connectivity index (χ4n) is 4.52. The van der Waals surface area contributed by atoms with Gasteiger partial charge in [0.1, 0.15) is 11.3 Å². The van der Waals surface area contributed by atoms with Crippen molar-refractivity contribution in [3.63, 3.8) is 0 Å². The van der Waals surface area contributed by atoms with Crippen LogP contribution in [0, 0.1) is 0 Å². The predicted molar refractivity (Wildman–Crippen MR) is 124 cm³/mol. The molecule has 0 N–H and O–H groups in total. The minimum atomic E-state index is 0.0312. The minimum absolute atomic E-state index is 0.0312. The second kappa shape index (κ2) is 8.88. The highest BCUT2D eigenvalue weighted by atomic mass is 16.3. The fourth-order valence-corrected chi connectivity index (χ4v) is 4.52. The predicted octanol–water partition coefficient (Wildman–Crippen LogP) is 4.70. The van der Waals surface area contributed by atoms with Gasteiger partial charge in [-0.1, -0.05) is 72.8 Å². The van der Waals surface area contributed by atoms with Crippen LogP contribution in [0.25, 0.3) is 11.0 Å². The van der Waals surface area contributed by atoms with Gasteiger partial charge in [0.2, 0.25) is 0 Å². The summed E-state index contributed by atoms with van der Waals surface area (Å²) in [6.45, 7) is 4.47. The van der Waals surface area contributed by atoms with E-state index in [0.717, 1.165) is 31.9 Å². The van der Waals surface area contributed by atoms with Gasteiger partial charge >= 0.3 is 0 Å². The summed E-state index contributed by atoms with van der Waals surface area (Å²) in [4.78, 5) is 17.3. The van der Waals surface area contributed by atoms with Crippen molar-refractivity contribution >= 4 is 11.0 Å². The molecule has 1 aliphatic heterocycles. The lowest BCUT2D eigenvalue weighted by Gasteiger charge is -2.39. The second-order valence-electron chi connectivity index (χ2n) is 8.11. The second-order valence-corrected chi connectivity index (χ2v) is 8.11. The van der Waals surface area contributed by atoms with Crippen molar-refractivity contribution in [2.75, 3.05) is 26.2 Å². The molecule has 0 amide bonds. The molecular weight excluding hydrogens is 384 g/mol. The molecule has 0 aliphatic carbocycles. The van der Waals surface area contributed by atoms with Gasteiger partial charge in [0.25, 0.3) is 0 Å². The van der Waals surface area contributed by atoms with Crippen LogP contribution >= 0.6 is 0 Å². The molecule has 31 heavy (non-hydrogen) atoms. The zero-order valence-corrected chi connectivity index (χ0v) is 17.5. The van der Waals surface area contributed by atoms with Gasteiger partial charge in [-0.05, 0) is 23.3 Å². The first-order valence-corrected chi connectivity index (χ1v) is 10.9. The number of para-hydroxylation sites is 1. The van der Waals surface area contributed by atoms with Crippen LogP contribution in [-0.2, 0) is 6.54 Å². The highest BCUT2D eigenvalue weighted by molar-refractivity contribution is 5.76. The molecule has 5 rings (SSSR count). The van der Waals surface area contributed by atoms with Crippen LogP contribution in [-0.4, -0.2) is 36.0 Å². The molecular formula is C27H26N2O2. The number of benzene rings is 3. The highest BCUT2D eigenvalue weighted by Crippen LogP contribution is 2.29. The van der Waals surface area contributed by atoms with E-state index in [0.29, 0.717) is 17.5 Å². The Kier molecular flexibility index (Phi) is 5.65. The number of nitrogens with zero attached hydrogens (tertiary/aromatic N) is 2. The summed E-state index contributed by atoms with van der Waals surface area (Å²) in [5.74, 6) is 0.736. The topological polar surface area (TPSA) is 36.7 Å². The van der Waals surface area contributed by atoms with Crippen molar-refractivity contribution in [3.05, 3.63) is 118 Å². The zero-order valence-electron chi connectivity index (χ0n) is 17.5. The molecule has 0 saturated carbocycles. The maximum Gasteiger partial charge on any atom is 0.192 e. The lowest BCUT2D eigenvalue weighted by atomic mass is 9.96. The van der Waals surface area contributed by atoms with E-state index in [4.69, 9.17) is 4.42 Å². The van der Waals surface area contributed by atoms with Crippen molar-refractivity contribution in [1.29, 1.82) is 0 Å². The van der Waals surface area contributed by atoms with Crippen LogP contribution in [0.1, 0.15) is 22.9 Å². The van der Waals surface area contributed by atoms with Crippen molar-refractivity contribution in [2.45, 2.75) is 12.6 Å². The minimum Gasteiger partial charge on any atom is -0.459 e. The summed E-state index contributed by atoms with van der Waals surface area (Å²) in [6, 6.07) is 30.8. The first-order valence-electron chi connectivity index (χ1n) is 10.9. The van der Waals surface area contributed by atoms with Crippen LogP contribution in [0.5, 0.6) is 0 Å². The van der Waals surface area contributed by atoms with E-state index in [1.54, 1.807) is 6.07 Å². The molecule has 3 aromatic carbocycles. The summed E-state index contributed by atoms with van der Waals surface area (Å²) in [5.41, 5.74) is 3.34. The van der Waals surface area contributed by atoms with E-state index >= 15 is 0 Å². The molecule has 2 heterocycles. The molecule has 0 bridgehead atoms. The SMILES string of the molecule is O=c1cc(CN2CCN(C(c3ccccc3)c3ccccc3)CC2)oc2ccccc12. The van der Waals surface area contributed by atoms with Crippen molar-refractivity contribution in [3.8, 4) is 0 Å². The molecule has 1 aliphatic rings. The Morgan fingerprint density at radius 3 is 1.97 bits per heavy atom. The van der Waals surface area contributed by atoms with E-state index in [1.165, 1.54) is 11.1 Å². The largest absolute Gasteiger partial charge is 0.459 e. The maximum atomic E-state index is 12.4. The molecule has 0 radical (unpaired) electrons. The standard InChI is InChI=1S/C27H26N2O2/c30-25-19-23(31-26-14-8-7-13-24(25)26)20-28-15-17-29(18-16-28)27(21-9-3-1-4-10-21)22-11-5-2-6-12-22/h1-14,19,27H,15-18,20H2. The molecule has 1 aromatic heterocycles. The van der Waals surface area contributed by atoms with E-state index in [9.17, 15) is 4.79 Å². The van der Waals surface area contributed by atoms with Gasteiger partial charge in [-0.2, -0.15) is 0 Å². The maximum absolute atomic E-state index is 12.4. The first-order chi connectivity index (χ1) is 15.3. The number of hydrogen-bond donors (Lipinski definition) is 0. The molecule has 0 atom stereocenters. The van der Waals surface area contributed by atoms with Gasteiger partial charge in [0.15, 0.2) is 5.43 Å². The molecule has 0 spiro atoms.